The van der Waals surface area contributed by atoms with Gasteiger partial charge in [0, 0.05) is 42.8 Å². The minimum Gasteiger partial charge on any atom is -0.328 e. The number of hydrogen-bond donors (Lipinski definition) is 1. The third-order valence-corrected chi connectivity index (χ3v) is 10.2. The molecule has 0 spiro atoms. The van der Waals surface area contributed by atoms with Crippen LogP contribution in [0.15, 0.2) is 76.7 Å². The predicted octanol–water partition coefficient (Wildman–Crippen LogP) is 8.26. The molecule has 1 saturated carbocycles. The van der Waals surface area contributed by atoms with E-state index < -0.39 is 5.95 Å². The van der Waals surface area contributed by atoms with Crippen LogP contribution < -0.4 is 11.4 Å². The van der Waals surface area contributed by atoms with E-state index in [0.29, 0.717) is 16.9 Å². The molecule has 1 aliphatic carbocycles. The summed E-state index contributed by atoms with van der Waals surface area (Å²) < 4.78 is 23.0. The van der Waals surface area contributed by atoms with Crippen molar-refractivity contribution in [1.29, 1.82) is 0 Å². The topological polar surface area (TPSA) is 88.6 Å². The van der Waals surface area contributed by atoms with E-state index in [1.165, 1.54) is 22.2 Å². The minimum atomic E-state index is -0.556. The number of imidazole rings is 1. The second kappa shape index (κ2) is 13.9. The Balaban J connectivity index is 0.00000190. The van der Waals surface area contributed by atoms with Crippen LogP contribution in [-0.2, 0) is 20.5 Å². The second-order valence-corrected chi connectivity index (χ2v) is 13.2. The van der Waals surface area contributed by atoms with Crippen LogP contribution in [0.2, 0.25) is 0 Å². The number of nitrogens with zero attached hydrogens (tertiary/aromatic N) is 6. The summed E-state index contributed by atoms with van der Waals surface area (Å²) in [4.78, 5) is 20.0. The standard InChI is InChI=1S/C35H38FN7OS.C2H6/c1-4-5-9-22-12-14-23(15-13-22)29-30-32-28(41(3)35(44)42(32)25-18-16-24(37)17-19-25)20-38-34(30)43(45-26-10-7-6-8-11-26)31(29)27-21-40(2)39-33(27)36;1-2/h6-8,10-15,20-21,24-25H,4-5,9,16-19,37H2,1-3H3;1-2H3. The summed E-state index contributed by atoms with van der Waals surface area (Å²) in [7, 11) is 3.54. The van der Waals surface area contributed by atoms with E-state index in [4.69, 9.17) is 10.7 Å². The lowest BCUT2D eigenvalue weighted by Gasteiger charge is -2.27. The smallest absolute Gasteiger partial charge is 0.328 e. The van der Waals surface area contributed by atoms with Gasteiger partial charge in [-0.15, -0.1) is 5.10 Å². The SMILES string of the molecule is CC.CCCCc1ccc(-c2c(-c3cn(C)nc3F)n(Sc3ccccc3)c3ncc4c(c23)n(C2CCC(N)CC2)c(=O)n4C)cc1. The van der Waals surface area contributed by atoms with Crippen molar-refractivity contribution in [1.82, 2.24) is 27.9 Å². The van der Waals surface area contributed by atoms with Gasteiger partial charge < -0.3 is 5.73 Å². The van der Waals surface area contributed by atoms with Gasteiger partial charge in [-0.25, -0.2) is 9.78 Å². The number of benzene rings is 2. The maximum Gasteiger partial charge on any atom is 0.329 e. The van der Waals surface area contributed by atoms with E-state index in [1.807, 2.05) is 59.8 Å². The van der Waals surface area contributed by atoms with Crippen LogP contribution in [0.1, 0.15) is 70.9 Å². The Kier molecular flexibility index (Phi) is 9.70. The minimum absolute atomic E-state index is 0.0135. The highest BCUT2D eigenvalue weighted by Gasteiger charge is 2.31. The number of fused-ring (bicyclic) bond motifs is 3. The normalized spacial score (nSPS) is 16.5. The van der Waals surface area contributed by atoms with Crippen LogP contribution in [-0.4, -0.2) is 33.9 Å². The number of nitrogens with two attached hydrogens (primary N) is 1. The second-order valence-electron chi connectivity index (χ2n) is 12.2. The zero-order chi connectivity index (χ0) is 33.2. The monoisotopic (exact) mass is 653 g/mol. The summed E-state index contributed by atoms with van der Waals surface area (Å²) in [6.45, 7) is 6.19. The third kappa shape index (κ3) is 6.05. The molecule has 0 unspecified atom stereocenters. The van der Waals surface area contributed by atoms with Crippen LogP contribution in [0.3, 0.4) is 0 Å². The summed E-state index contributed by atoms with van der Waals surface area (Å²) >= 11 is 1.49. The van der Waals surface area contributed by atoms with Crippen LogP contribution >= 0.6 is 11.9 Å². The highest BCUT2D eigenvalue weighted by atomic mass is 32.2. The molecule has 0 atom stereocenters. The Morgan fingerprint density at radius 2 is 1.70 bits per heavy atom. The number of aryl methyl sites for hydroxylation is 3. The molecule has 47 heavy (non-hydrogen) atoms. The Hall–Kier alpha value is -4.15. The molecule has 4 aromatic heterocycles. The molecular formula is C37H44FN7OS. The zero-order valence-electron chi connectivity index (χ0n) is 27.9. The molecule has 1 fully saturated rings. The van der Waals surface area contributed by atoms with E-state index in [1.54, 1.807) is 24.0 Å². The molecular weight excluding hydrogens is 610 g/mol. The van der Waals surface area contributed by atoms with Crippen LogP contribution in [0.5, 0.6) is 0 Å². The fourth-order valence-electron chi connectivity index (χ4n) is 6.78. The average Bonchev–Trinajstić information content (AvgIpc) is 3.69. The van der Waals surface area contributed by atoms with Gasteiger partial charge in [0.2, 0.25) is 5.95 Å². The number of halogens is 1. The summed E-state index contributed by atoms with van der Waals surface area (Å²) in [5.41, 5.74) is 12.6. The zero-order valence-corrected chi connectivity index (χ0v) is 28.7. The van der Waals surface area contributed by atoms with Crippen molar-refractivity contribution < 1.29 is 4.39 Å². The molecule has 2 aromatic carbocycles. The van der Waals surface area contributed by atoms with Gasteiger partial charge in [-0.3, -0.25) is 17.8 Å². The lowest BCUT2D eigenvalue weighted by atomic mass is 9.91. The van der Waals surface area contributed by atoms with Crippen molar-refractivity contribution in [3.8, 4) is 22.4 Å². The quantitative estimate of drug-likeness (QED) is 0.179. The Morgan fingerprint density at radius 1 is 1.00 bits per heavy atom. The molecule has 8 nitrogen and oxygen atoms in total. The molecule has 0 bridgehead atoms. The fraction of sp³-hybridized carbons (Fsp3) is 0.378. The lowest BCUT2D eigenvalue weighted by molar-refractivity contribution is 0.322. The number of unbranched alkanes of at least 4 members (excludes halogenated alkanes) is 1. The van der Waals surface area contributed by atoms with Crippen LogP contribution in [0.25, 0.3) is 44.5 Å². The molecule has 6 aromatic rings. The maximum atomic E-state index is 15.8. The van der Waals surface area contributed by atoms with E-state index >= 15 is 4.39 Å². The van der Waals surface area contributed by atoms with Gasteiger partial charge in [-0.05, 0) is 73.7 Å². The van der Waals surface area contributed by atoms with Crippen molar-refractivity contribution in [3.63, 3.8) is 0 Å². The van der Waals surface area contributed by atoms with Gasteiger partial charge in [0.25, 0.3) is 0 Å². The first-order chi connectivity index (χ1) is 22.9. The van der Waals surface area contributed by atoms with Gasteiger partial charge in [0.05, 0.1) is 33.9 Å². The summed E-state index contributed by atoms with van der Waals surface area (Å²) in [6, 6.07) is 18.8. The number of hydrogen-bond acceptors (Lipinski definition) is 5. The summed E-state index contributed by atoms with van der Waals surface area (Å²) in [5, 5.41) is 4.94. The van der Waals surface area contributed by atoms with Gasteiger partial charge >= 0.3 is 5.69 Å². The van der Waals surface area contributed by atoms with Gasteiger partial charge in [-0.2, -0.15) is 4.39 Å². The molecule has 0 saturated heterocycles. The fourth-order valence-corrected chi connectivity index (χ4v) is 7.78. The Morgan fingerprint density at radius 3 is 2.34 bits per heavy atom. The maximum absolute atomic E-state index is 15.8. The molecule has 4 heterocycles. The van der Waals surface area contributed by atoms with Crippen LogP contribution in [0, 0.1) is 5.95 Å². The lowest BCUT2D eigenvalue weighted by Crippen LogP contribution is -2.32. The average molecular weight is 654 g/mol. The first kappa shape index (κ1) is 32.8. The number of aromatic nitrogens is 6. The Labute approximate surface area is 279 Å². The van der Waals surface area contributed by atoms with E-state index in [9.17, 15) is 4.79 Å². The van der Waals surface area contributed by atoms with Crippen molar-refractivity contribution in [3.05, 3.63) is 89.0 Å². The molecule has 0 aliphatic heterocycles. The predicted molar refractivity (Wildman–Crippen MR) is 191 cm³/mol. The third-order valence-electron chi connectivity index (χ3n) is 9.14. The molecule has 0 amide bonds. The van der Waals surface area contributed by atoms with Gasteiger partial charge in [0.1, 0.15) is 0 Å². The van der Waals surface area contributed by atoms with Crippen LogP contribution in [0.4, 0.5) is 4.39 Å². The highest BCUT2D eigenvalue weighted by molar-refractivity contribution is 7.98. The molecule has 10 heteroatoms. The first-order valence-electron chi connectivity index (χ1n) is 16.8. The summed E-state index contributed by atoms with van der Waals surface area (Å²) in [5.74, 6) is -0.556. The van der Waals surface area contributed by atoms with Gasteiger partial charge in [0.15, 0.2) is 5.65 Å². The number of rotatable bonds is 8. The molecule has 2 N–H and O–H groups in total. The van der Waals surface area contributed by atoms with Gasteiger partial charge in [-0.1, -0.05) is 69.7 Å². The van der Waals surface area contributed by atoms with E-state index in [0.717, 1.165) is 77.4 Å². The van der Waals surface area contributed by atoms with Crippen molar-refractivity contribution in [2.24, 2.45) is 19.8 Å². The Bertz CT molecular complexity index is 2050. The molecule has 1 aliphatic rings. The van der Waals surface area contributed by atoms with Crippen molar-refractivity contribution in [2.75, 3.05) is 0 Å². The molecule has 7 rings (SSSR count). The molecule has 0 radical (unpaired) electrons. The number of pyridine rings is 1. The van der Waals surface area contributed by atoms with E-state index in [2.05, 4.69) is 36.3 Å². The molecule has 246 valence electrons. The van der Waals surface area contributed by atoms with E-state index in [-0.39, 0.29) is 17.8 Å². The highest BCUT2D eigenvalue weighted by Crippen LogP contribution is 2.47. The van der Waals surface area contributed by atoms with Crippen molar-refractivity contribution >= 4 is 34.0 Å². The first-order valence-corrected chi connectivity index (χ1v) is 17.5. The summed E-state index contributed by atoms with van der Waals surface area (Å²) in [6.07, 6.45) is 10.1. The van der Waals surface area contributed by atoms with Crippen molar-refractivity contribution in [2.45, 2.75) is 82.7 Å². The largest absolute Gasteiger partial charge is 0.329 e.